The van der Waals surface area contributed by atoms with Gasteiger partial charge in [0.2, 0.25) is 0 Å². The van der Waals surface area contributed by atoms with E-state index in [4.69, 9.17) is 11.6 Å². The maximum absolute atomic E-state index is 13.5. The van der Waals surface area contributed by atoms with E-state index in [1.165, 1.54) is 18.2 Å². The average Bonchev–Trinajstić information content (AvgIpc) is 2.37. The Morgan fingerprint density at radius 2 is 1.89 bits per heavy atom. The second kappa shape index (κ2) is 6.13. The van der Waals surface area contributed by atoms with Crippen molar-refractivity contribution in [3.63, 3.8) is 0 Å². The molecule has 1 N–H and O–H groups in total. The minimum absolute atomic E-state index is 0.0901. The first kappa shape index (κ1) is 14.0. The van der Waals surface area contributed by atoms with E-state index in [-0.39, 0.29) is 17.7 Å². The minimum Gasteiger partial charge on any atom is -0.306 e. The van der Waals surface area contributed by atoms with Crippen molar-refractivity contribution < 1.29 is 8.78 Å². The zero-order valence-corrected chi connectivity index (χ0v) is 11.2. The van der Waals surface area contributed by atoms with Gasteiger partial charge in [0.05, 0.1) is 0 Å². The van der Waals surface area contributed by atoms with Crippen LogP contribution in [0.1, 0.15) is 24.1 Å². The minimum atomic E-state index is -0.366. The Labute approximate surface area is 116 Å². The van der Waals surface area contributed by atoms with Gasteiger partial charge in [-0.3, -0.25) is 0 Å². The summed E-state index contributed by atoms with van der Waals surface area (Å²) in [6.45, 7) is 2.29. The van der Waals surface area contributed by atoms with E-state index in [1.54, 1.807) is 24.3 Å². The van der Waals surface area contributed by atoms with Gasteiger partial charge < -0.3 is 5.32 Å². The predicted octanol–water partition coefficient (Wildman–Crippen LogP) is 4.47. The monoisotopic (exact) mass is 281 g/mol. The van der Waals surface area contributed by atoms with Gasteiger partial charge in [-0.25, -0.2) is 8.78 Å². The Morgan fingerprint density at radius 1 is 1.16 bits per heavy atom. The molecule has 1 nitrogen and oxygen atoms in total. The van der Waals surface area contributed by atoms with E-state index in [1.807, 2.05) is 6.92 Å². The maximum atomic E-state index is 13.5. The van der Waals surface area contributed by atoms with Crippen LogP contribution < -0.4 is 5.32 Å². The van der Waals surface area contributed by atoms with Gasteiger partial charge in [0, 0.05) is 23.2 Å². The molecule has 0 aliphatic rings. The normalized spacial score (nSPS) is 12.4. The quantitative estimate of drug-likeness (QED) is 0.872. The van der Waals surface area contributed by atoms with Gasteiger partial charge in [-0.05, 0) is 30.7 Å². The van der Waals surface area contributed by atoms with E-state index >= 15 is 0 Å². The lowest BCUT2D eigenvalue weighted by Gasteiger charge is -2.16. The Morgan fingerprint density at radius 3 is 2.58 bits per heavy atom. The van der Waals surface area contributed by atoms with Gasteiger partial charge >= 0.3 is 0 Å². The molecule has 2 aromatic rings. The van der Waals surface area contributed by atoms with Crippen molar-refractivity contribution in [1.29, 1.82) is 0 Å². The van der Waals surface area contributed by atoms with Gasteiger partial charge in [-0.1, -0.05) is 35.9 Å². The van der Waals surface area contributed by atoms with Crippen LogP contribution in [0.15, 0.2) is 42.5 Å². The summed E-state index contributed by atoms with van der Waals surface area (Å²) in [5, 5.41) is 3.54. The number of halogens is 3. The molecule has 0 spiro atoms. The predicted molar refractivity (Wildman–Crippen MR) is 73.1 cm³/mol. The molecule has 0 aliphatic carbocycles. The molecule has 2 aromatic carbocycles. The Hall–Kier alpha value is -1.45. The molecule has 0 fully saturated rings. The third-order valence-corrected chi connectivity index (χ3v) is 3.31. The molecule has 1 atom stereocenters. The van der Waals surface area contributed by atoms with Crippen molar-refractivity contribution in [2.45, 2.75) is 19.5 Å². The van der Waals surface area contributed by atoms with Crippen LogP contribution in [0.25, 0.3) is 0 Å². The maximum Gasteiger partial charge on any atom is 0.127 e. The molecule has 0 bridgehead atoms. The van der Waals surface area contributed by atoms with Crippen molar-refractivity contribution in [3.05, 3.63) is 70.2 Å². The molecule has 19 heavy (non-hydrogen) atoms. The summed E-state index contributed by atoms with van der Waals surface area (Å²) in [7, 11) is 0. The summed E-state index contributed by atoms with van der Waals surface area (Å²) < 4.78 is 26.4. The lowest BCUT2D eigenvalue weighted by atomic mass is 10.1. The molecule has 0 saturated heterocycles. The fourth-order valence-corrected chi connectivity index (χ4v) is 2.20. The first-order chi connectivity index (χ1) is 9.08. The molecule has 0 amide bonds. The molecule has 4 heteroatoms. The SMILES string of the molecule is CC(NCc1ccccc1F)c1ccc(F)cc1Cl. The molecule has 0 heterocycles. The summed E-state index contributed by atoms with van der Waals surface area (Å²) in [5.74, 6) is -0.609. The first-order valence-corrected chi connectivity index (χ1v) is 6.37. The zero-order chi connectivity index (χ0) is 13.8. The van der Waals surface area contributed by atoms with Gasteiger partial charge in [-0.2, -0.15) is 0 Å². The van der Waals surface area contributed by atoms with Crippen LogP contribution in [0.5, 0.6) is 0 Å². The third kappa shape index (κ3) is 3.52. The van der Waals surface area contributed by atoms with E-state index < -0.39 is 0 Å². The molecule has 0 aromatic heterocycles. The summed E-state index contributed by atoms with van der Waals surface area (Å²) >= 11 is 5.98. The fraction of sp³-hybridized carbons (Fsp3) is 0.200. The van der Waals surface area contributed by atoms with Crippen molar-refractivity contribution in [2.75, 3.05) is 0 Å². The van der Waals surface area contributed by atoms with Crippen molar-refractivity contribution >= 4 is 11.6 Å². The number of nitrogens with one attached hydrogen (secondary N) is 1. The number of hydrogen-bond acceptors (Lipinski definition) is 1. The topological polar surface area (TPSA) is 12.0 Å². The summed E-state index contributed by atoms with van der Waals surface area (Å²) in [5.41, 5.74) is 1.38. The molecule has 0 radical (unpaired) electrons. The Kier molecular flexibility index (Phi) is 4.51. The number of hydrogen-bond donors (Lipinski definition) is 1. The van der Waals surface area contributed by atoms with Gasteiger partial charge in [0.1, 0.15) is 11.6 Å². The van der Waals surface area contributed by atoms with Crippen molar-refractivity contribution in [1.82, 2.24) is 5.32 Å². The second-order valence-corrected chi connectivity index (χ2v) is 4.77. The van der Waals surface area contributed by atoms with Gasteiger partial charge in [0.15, 0.2) is 0 Å². The lowest BCUT2D eigenvalue weighted by molar-refractivity contribution is 0.543. The smallest absolute Gasteiger partial charge is 0.127 e. The summed E-state index contributed by atoms with van der Waals surface area (Å²) in [6.07, 6.45) is 0. The van der Waals surface area contributed by atoms with Gasteiger partial charge in [0.25, 0.3) is 0 Å². The highest BCUT2D eigenvalue weighted by Gasteiger charge is 2.10. The van der Waals surface area contributed by atoms with E-state index in [0.717, 1.165) is 5.56 Å². The van der Waals surface area contributed by atoms with E-state index in [2.05, 4.69) is 5.32 Å². The van der Waals surface area contributed by atoms with Crippen LogP contribution in [0.3, 0.4) is 0 Å². The molecular weight excluding hydrogens is 268 g/mol. The molecule has 2 rings (SSSR count). The number of benzene rings is 2. The van der Waals surface area contributed by atoms with Gasteiger partial charge in [-0.15, -0.1) is 0 Å². The zero-order valence-electron chi connectivity index (χ0n) is 10.5. The highest BCUT2D eigenvalue weighted by Crippen LogP contribution is 2.24. The third-order valence-electron chi connectivity index (χ3n) is 2.99. The van der Waals surface area contributed by atoms with Crippen LogP contribution in [-0.2, 0) is 6.54 Å². The van der Waals surface area contributed by atoms with Crippen LogP contribution in [0, 0.1) is 11.6 Å². The lowest BCUT2D eigenvalue weighted by Crippen LogP contribution is -2.19. The van der Waals surface area contributed by atoms with Crippen LogP contribution in [0.2, 0.25) is 5.02 Å². The molecule has 0 saturated carbocycles. The Balaban J connectivity index is 2.05. The van der Waals surface area contributed by atoms with Crippen molar-refractivity contribution in [3.8, 4) is 0 Å². The highest BCUT2D eigenvalue weighted by molar-refractivity contribution is 6.31. The molecule has 100 valence electrons. The first-order valence-electron chi connectivity index (χ1n) is 5.99. The average molecular weight is 282 g/mol. The van der Waals surface area contributed by atoms with Crippen molar-refractivity contribution in [2.24, 2.45) is 0 Å². The van der Waals surface area contributed by atoms with E-state index in [9.17, 15) is 8.78 Å². The Bertz CT molecular complexity index is 572. The highest BCUT2D eigenvalue weighted by atomic mass is 35.5. The standard InChI is InChI=1S/C15H14ClF2N/c1-10(13-7-6-12(17)8-14(13)16)19-9-11-4-2-3-5-15(11)18/h2-8,10,19H,9H2,1H3. The molecule has 0 aliphatic heterocycles. The summed E-state index contributed by atoms with van der Waals surface area (Å²) in [4.78, 5) is 0. The number of rotatable bonds is 4. The largest absolute Gasteiger partial charge is 0.306 e. The van der Waals surface area contributed by atoms with Crippen LogP contribution >= 0.6 is 11.6 Å². The second-order valence-electron chi connectivity index (χ2n) is 4.36. The van der Waals surface area contributed by atoms with E-state index in [0.29, 0.717) is 17.1 Å². The molecular formula is C15H14ClF2N. The van der Waals surface area contributed by atoms with Crippen LogP contribution in [0.4, 0.5) is 8.78 Å². The molecule has 1 unspecified atom stereocenters. The summed E-state index contributed by atoms with van der Waals surface area (Å²) in [6, 6.07) is 10.8. The van der Waals surface area contributed by atoms with Crippen LogP contribution in [-0.4, -0.2) is 0 Å². The fourth-order valence-electron chi connectivity index (χ4n) is 1.87.